The Balaban J connectivity index is 1.92. The van der Waals surface area contributed by atoms with Crippen molar-refractivity contribution in [3.8, 4) is 0 Å². The van der Waals surface area contributed by atoms with Gasteiger partial charge in [0.25, 0.3) is 0 Å². The molecule has 4 heteroatoms. The lowest BCUT2D eigenvalue weighted by Crippen LogP contribution is -2.30. The minimum Gasteiger partial charge on any atom is -0.480 e. The van der Waals surface area contributed by atoms with Crippen molar-refractivity contribution in [3.05, 3.63) is 71.9 Å². The van der Waals surface area contributed by atoms with Gasteiger partial charge in [0.15, 0.2) is 0 Å². The molecule has 3 N–H and O–H groups in total. The third-order valence-corrected chi connectivity index (χ3v) is 3.90. The first-order chi connectivity index (χ1) is 10.7. The zero-order valence-electron chi connectivity index (χ0n) is 12.3. The van der Waals surface area contributed by atoms with E-state index >= 15 is 0 Å². The largest absolute Gasteiger partial charge is 0.480 e. The predicted octanol–water partition coefficient (Wildman–Crippen LogP) is 3.64. The minimum atomic E-state index is -0.882. The third kappa shape index (κ3) is 2.73. The van der Waals surface area contributed by atoms with Crippen LogP contribution in [-0.2, 0) is 4.79 Å². The lowest BCUT2D eigenvalue weighted by atomic mass is 10.0. The molecule has 112 valence electrons. The fraction of sp³-hybridized carbons (Fsp3) is 0.167. The summed E-state index contributed by atoms with van der Waals surface area (Å²) in [5.74, 6) is -0.882. The second kappa shape index (κ2) is 6.03. The summed E-state index contributed by atoms with van der Waals surface area (Å²) < 4.78 is 0. The molecule has 4 nitrogen and oxygen atoms in total. The van der Waals surface area contributed by atoms with E-state index in [1.807, 2.05) is 61.5 Å². The van der Waals surface area contributed by atoms with E-state index in [2.05, 4.69) is 10.3 Å². The number of rotatable bonds is 5. The summed E-state index contributed by atoms with van der Waals surface area (Å²) in [5, 5.41) is 13.8. The topological polar surface area (TPSA) is 65.1 Å². The molecule has 2 unspecified atom stereocenters. The zero-order chi connectivity index (χ0) is 15.5. The number of carbonyl (C=O) groups is 1. The first-order valence-corrected chi connectivity index (χ1v) is 7.26. The van der Waals surface area contributed by atoms with Gasteiger partial charge in [0.2, 0.25) is 0 Å². The maximum atomic E-state index is 11.7. The molecule has 0 aliphatic rings. The number of carboxylic acid groups (broad SMARTS) is 1. The number of aromatic amines is 1. The monoisotopic (exact) mass is 294 g/mol. The summed E-state index contributed by atoms with van der Waals surface area (Å²) >= 11 is 0. The number of benzene rings is 2. The Bertz CT molecular complexity index is 780. The first-order valence-electron chi connectivity index (χ1n) is 7.26. The molecule has 0 radical (unpaired) electrons. The predicted molar refractivity (Wildman–Crippen MR) is 86.7 cm³/mol. The number of aliphatic carboxylic acids is 1. The van der Waals surface area contributed by atoms with Crippen molar-refractivity contribution < 1.29 is 9.90 Å². The molecule has 0 aliphatic heterocycles. The first kappa shape index (κ1) is 14.4. The van der Waals surface area contributed by atoms with E-state index in [9.17, 15) is 9.90 Å². The van der Waals surface area contributed by atoms with Crippen LogP contribution in [-0.4, -0.2) is 16.1 Å². The van der Waals surface area contributed by atoms with E-state index in [1.165, 1.54) is 0 Å². The maximum absolute atomic E-state index is 11.7. The van der Waals surface area contributed by atoms with Crippen LogP contribution in [0.15, 0.2) is 60.8 Å². The van der Waals surface area contributed by atoms with Crippen LogP contribution in [0.5, 0.6) is 0 Å². The summed E-state index contributed by atoms with van der Waals surface area (Å²) in [7, 11) is 0. The van der Waals surface area contributed by atoms with Gasteiger partial charge in [-0.1, -0.05) is 48.5 Å². The molecule has 0 aliphatic carbocycles. The number of aromatic nitrogens is 1. The highest BCUT2D eigenvalue weighted by Crippen LogP contribution is 2.26. The van der Waals surface area contributed by atoms with Crippen molar-refractivity contribution in [1.29, 1.82) is 0 Å². The van der Waals surface area contributed by atoms with Gasteiger partial charge in [-0.15, -0.1) is 0 Å². The van der Waals surface area contributed by atoms with E-state index in [0.29, 0.717) is 0 Å². The SMILES string of the molecule is CC(NC(C(=O)O)c1c[nH]c2ccccc12)c1ccccc1. The second-order valence-corrected chi connectivity index (χ2v) is 5.36. The molecule has 0 amide bonds. The molecule has 0 bridgehead atoms. The van der Waals surface area contributed by atoms with E-state index < -0.39 is 12.0 Å². The van der Waals surface area contributed by atoms with Gasteiger partial charge in [-0.2, -0.15) is 0 Å². The highest BCUT2D eigenvalue weighted by molar-refractivity contribution is 5.89. The lowest BCUT2D eigenvalue weighted by Gasteiger charge is -2.20. The molecule has 2 atom stereocenters. The second-order valence-electron chi connectivity index (χ2n) is 5.36. The van der Waals surface area contributed by atoms with Crippen molar-refractivity contribution in [2.45, 2.75) is 19.0 Å². The number of para-hydroxylation sites is 1. The molecule has 22 heavy (non-hydrogen) atoms. The molecule has 2 aromatic carbocycles. The van der Waals surface area contributed by atoms with Crippen molar-refractivity contribution in [2.75, 3.05) is 0 Å². The molecule has 0 saturated carbocycles. The third-order valence-electron chi connectivity index (χ3n) is 3.90. The van der Waals surface area contributed by atoms with Gasteiger partial charge in [-0.3, -0.25) is 10.1 Å². The molecule has 1 heterocycles. The average molecular weight is 294 g/mol. The van der Waals surface area contributed by atoms with E-state index in [4.69, 9.17) is 0 Å². The molecule has 3 rings (SSSR count). The van der Waals surface area contributed by atoms with Crippen LogP contribution in [0.3, 0.4) is 0 Å². The molecule has 0 fully saturated rings. The van der Waals surface area contributed by atoms with Crippen molar-refractivity contribution >= 4 is 16.9 Å². The highest BCUT2D eigenvalue weighted by atomic mass is 16.4. The van der Waals surface area contributed by atoms with E-state index in [-0.39, 0.29) is 6.04 Å². The molecular weight excluding hydrogens is 276 g/mol. The van der Waals surface area contributed by atoms with Crippen molar-refractivity contribution in [3.63, 3.8) is 0 Å². The summed E-state index contributed by atoms with van der Waals surface area (Å²) in [6.45, 7) is 1.97. The molecule has 0 saturated heterocycles. The maximum Gasteiger partial charge on any atom is 0.325 e. The molecule has 3 aromatic rings. The Morgan fingerprint density at radius 3 is 2.50 bits per heavy atom. The van der Waals surface area contributed by atoms with Crippen molar-refractivity contribution in [1.82, 2.24) is 10.3 Å². The number of carboxylic acids is 1. The number of fused-ring (bicyclic) bond motifs is 1. The summed E-state index contributed by atoms with van der Waals surface area (Å²) in [4.78, 5) is 14.9. The number of H-pyrrole nitrogens is 1. The number of hydrogen-bond acceptors (Lipinski definition) is 2. The van der Waals surface area contributed by atoms with Crippen LogP contribution in [0.1, 0.15) is 30.1 Å². The Morgan fingerprint density at radius 2 is 1.77 bits per heavy atom. The van der Waals surface area contributed by atoms with Crippen LogP contribution in [0, 0.1) is 0 Å². The van der Waals surface area contributed by atoms with Crippen LogP contribution < -0.4 is 5.32 Å². The van der Waals surface area contributed by atoms with Crippen LogP contribution in [0.4, 0.5) is 0 Å². The highest BCUT2D eigenvalue weighted by Gasteiger charge is 2.24. The molecule has 1 aromatic heterocycles. The smallest absolute Gasteiger partial charge is 0.325 e. The van der Waals surface area contributed by atoms with Crippen LogP contribution >= 0.6 is 0 Å². The van der Waals surface area contributed by atoms with Gasteiger partial charge in [0.1, 0.15) is 6.04 Å². The Hall–Kier alpha value is -2.59. The fourth-order valence-electron chi connectivity index (χ4n) is 2.71. The standard InChI is InChI=1S/C18H18N2O2/c1-12(13-7-3-2-4-8-13)20-17(18(21)22)15-11-19-16-10-6-5-9-14(15)16/h2-12,17,19-20H,1H3,(H,21,22). The Morgan fingerprint density at radius 1 is 1.09 bits per heavy atom. The quantitative estimate of drug-likeness (QED) is 0.673. The fourth-order valence-corrected chi connectivity index (χ4v) is 2.71. The Kier molecular flexibility index (Phi) is 3.94. The van der Waals surface area contributed by atoms with E-state index in [0.717, 1.165) is 22.0 Å². The minimum absolute atomic E-state index is 0.0593. The molecule has 0 spiro atoms. The number of hydrogen-bond donors (Lipinski definition) is 3. The van der Waals surface area contributed by atoms with Gasteiger partial charge < -0.3 is 10.1 Å². The van der Waals surface area contributed by atoms with Crippen LogP contribution in [0.2, 0.25) is 0 Å². The lowest BCUT2D eigenvalue weighted by molar-refractivity contribution is -0.139. The van der Waals surface area contributed by atoms with Gasteiger partial charge in [-0.25, -0.2) is 0 Å². The normalized spacial score (nSPS) is 13.9. The van der Waals surface area contributed by atoms with Crippen LogP contribution in [0.25, 0.3) is 10.9 Å². The Labute approximate surface area is 128 Å². The van der Waals surface area contributed by atoms with Crippen molar-refractivity contribution in [2.24, 2.45) is 0 Å². The zero-order valence-corrected chi connectivity index (χ0v) is 12.3. The number of nitrogens with one attached hydrogen (secondary N) is 2. The summed E-state index contributed by atoms with van der Waals surface area (Å²) in [6.07, 6.45) is 1.77. The van der Waals surface area contributed by atoms with Gasteiger partial charge in [0, 0.05) is 28.7 Å². The van der Waals surface area contributed by atoms with Gasteiger partial charge in [-0.05, 0) is 18.6 Å². The average Bonchev–Trinajstić information content (AvgIpc) is 2.96. The molecular formula is C18H18N2O2. The van der Waals surface area contributed by atoms with E-state index in [1.54, 1.807) is 6.20 Å². The summed E-state index contributed by atoms with van der Waals surface area (Å²) in [5.41, 5.74) is 2.76. The van der Waals surface area contributed by atoms with Gasteiger partial charge in [0.05, 0.1) is 0 Å². The van der Waals surface area contributed by atoms with Gasteiger partial charge >= 0.3 is 5.97 Å². The summed E-state index contributed by atoms with van der Waals surface area (Å²) in [6, 6.07) is 16.7.